The van der Waals surface area contributed by atoms with Crippen molar-refractivity contribution < 1.29 is 28.2 Å². The monoisotopic (exact) mass is 404 g/mol. The van der Waals surface area contributed by atoms with Crippen LogP contribution in [0.5, 0.6) is 0 Å². The molecule has 0 atom stereocenters. The Kier molecular flexibility index (Phi) is 7.28. The first-order valence-corrected chi connectivity index (χ1v) is 8.99. The highest BCUT2D eigenvalue weighted by Crippen LogP contribution is 2.23. The summed E-state index contributed by atoms with van der Waals surface area (Å²) in [6, 6.07) is 5.71. The van der Waals surface area contributed by atoms with Gasteiger partial charge in [-0.2, -0.15) is 0 Å². The molecule has 0 bridgehead atoms. The molecule has 2 aromatic rings. The first-order valence-electron chi connectivity index (χ1n) is 8.99. The van der Waals surface area contributed by atoms with Crippen molar-refractivity contribution >= 4 is 17.7 Å². The Hall–Kier alpha value is -3.00. The average molecular weight is 404 g/mol. The lowest BCUT2D eigenvalue weighted by molar-refractivity contribution is -0.135. The van der Waals surface area contributed by atoms with Crippen molar-refractivity contribution in [2.75, 3.05) is 27.4 Å². The lowest BCUT2D eigenvalue weighted by Crippen LogP contribution is -2.37. The summed E-state index contributed by atoms with van der Waals surface area (Å²) in [4.78, 5) is 39.0. The highest BCUT2D eigenvalue weighted by molar-refractivity contribution is 6.04. The van der Waals surface area contributed by atoms with Gasteiger partial charge in [-0.05, 0) is 37.1 Å². The maximum atomic E-state index is 13.2. The van der Waals surface area contributed by atoms with Gasteiger partial charge in [0, 0.05) is 32.0 Å². The van der Waals surface area contributed by atoms with Crippen molar-refractivity contribution in [2.45, 2.75) is 20.4 Å². The van der Waals surface area contributed by atoms with Gasteiger partial charge in [-0.3, -0.25) is 9.59 Å². The second-order valence-electron chi connectivity index (χ2n) is 6.72. The van der Waals surface area contributed by atoms with E-state index in [1.54, 1.807) is 37.6 Å². The van der Waals surface area contributed by atoms with Gasteiger partial charge in [0.15, 0.2) is 5.78 Å². The fourth-order valence-corrected chi connectivity index (χ4v) is 3.28. The number of carbonyl (C=O) groups is 3. The van der Waals surface area contributed by atoms with Gasteiger partial charge in [0.25, 0.3) is 0 Å². The molecule has 0 saturated heterocycles. The van der Waals surface area contributed by atoms with Crippen LogP contribution >= 0.6 is 0 Å². The third-order valence-electron chi connectivity index (χ3n) is 4.83. The molecule has 0 spiro atoms. The molecule has 156 valence electrons. The molecule has 1 amide bonds. The Morgan fingerprint density at radius 2 is 1.72 bits per heavy atom. The van der Waals surface area contributed by atoms with E-state index in [1.165, 1.54) is 31.3 Å². The second-order valence-corrected chi connectivity index (χ2v) is 6.72. The zero-order valence-electron chi connectivity index (χ0n) is 17.2. The van der Waals surface area contributed by atoms with Gasteiger partial charge >= 0.3 is 5.97 Å². The molecule has 8 heteroatoms. The van der Waals surface area contributed by atoms with Crippen molar-refractivity contribution in [3.8, 4) is 0 Å². The van der Waals surface area contributed by atoms with E-state index in [0.29, 0.717) is 28.1 Å². The molecule has 1 aromatic heterocycles. The van der Waals surface area contributed by atoms with Gasteiger partial charge in [-0.1, -0.05) is 12.1 Å². The van der Waals surface area contributed by atoms with Gasteiger partial charge in [0.2, 0.25) is 5.91 Å². The molecule has 1 heterocycles. The van der Waals surface area contributed by atoms with E-state index >= 15 is 0 Å². The molecular formula is C21H25FN2O5. The lowest BCUT2D eigenvalue weighted by Gasteiger charge is -2.22. The van der Waals surface area contributed by atoms with E-state index < -0.39 is 5.97 Å². The third-order valence-corrected chi connectivity index (χ3v) is 4.83. The van der Waals surface area contributed by atoms with Crippen molar-refractivity contribution in [1.29, 1.82) is 0 Å². The van der Waals surface area contributed by atoms with E-state index in [4.69, 9.17) is 9.47 Å². The van der Waals surface area contributed by atoms with Crippen LogP contribution in [0.3, 0.4) is 0 Å². The summed E-state index contributed by atoms with van der Waals surface area (Å²) in [6.45, 7) is 3.14. The van der Waals surface area contributed by atoms with Crippen molar-refractivity contribution in [3.05, 3.63) is 58.2 Å². The fraction of sp³-hybridized carbons (Fsp3) is 0.381. The van der Waals surface area contributed by atoms with Gasteiger partial charge < -0.3 is 18.9 Å². The summed E-state index contributed by atoms with van der Waals surface area (Å²) in [7, 11) is 4.35. The molecule has 0 unspecified atom stereocenters. The van der Waals surface area contributed by atoms with Crippen molar-refractivity contribution in [3.63, 3.8) is 0 Å². The summed E-state index contributed by atoms with van der Waals surface area (Å²) in [6.07, 6.45) is 0. The molecular weight excluding hydrogens is 379 g/mol. The highest BCUT2D eigenvalue weighted by Gasteiger charge is 2.27. The zero-order valence-corrected chi connectivity index (χ0v) is 17.2. The SMILES string of the molecule is COCC(=O)N(CC(=O)c1c(C)c(C(=O)OC)n(C)c1C)Cc1ccc(F)cc1. The Bertz CT molecular complexity index is 918. The molecule has 0 aliphatic rings. The topological polar surface area (TPSA) is 77.8 Å². The highest BCUT2D eigenvalue weighted by atomic mass is 19.1. The van der Waals surface area contributed by atoms with Crippen LogP contribution in [0.2, 0.25) is 0 Å². The molecule has 1 aromatic carbocycles. The molecule has 0 radical (unpaired) electrons. The molecule has 2 rings (SSSR count). The van der Waals surface area contributed by atoms with Crippen LogP contribution in [-0.2, 0) is 27.9 Å². The summed E-state index contributed by atoms with van der Waals surface area (Å²) >= 11 is 0. The number of rotatable bonds is 8. The quantitative estimate of drug-likeness (QED) is 0.499. The minimum absolute atomic E-state index is 0.128. The summed E-state index contributed by atoms with van der Waals surface area (Å²) in [5.74, 6) is -1.60. The Labute approximate surface area is 169 Å². The zero-order chi connectivity index (χ0) is 21.7. The average Bonchev–Trinajstić information content (AvgIpc) is 2.91. The van der Waals surface area contributed by atoms with Crippen LogP contribution in [0.4, 0.5) is 4.39 Å². The number of ether oxygens (including phenoxy) is 2. The standard InChI is InChI=1S/C21H25FN2O5/c1-13-19(14(2)23(3)20(13)21(27)29-5)17(25)11-24(18(26)12-28-4)10-15-6-8-16(22)9-7-15/h6-9H,10-12H2,1-5H3. The lowest BCUT2D eigenvalue weighted by atomic mass is 10.0. The molecule has 7 nitrogen and oxygen atoms in total. The normalized spacial score (nSPS) is 10.7. The first-order chi connectivity index (χ1) is 13.7. The predicted molar refractivity (Wildman–Crippen MR) is 104 cm³/mol. The maximum absolute atomic E-state index is 13.2. The van der Waals surface area contributed by atoms with Crippen molar-refractivity contribution in [1.82, 2.24) is 9.47 Å². The number of aromatic nitrogens is 1. The number of hydrogen-bond acceptors (Lipinski definition) is 5. The summed E-state index contributed by atoms with van der Waals surface area (Å²) < 4.78 is 24.5. The molecule has 0 aliphatic heterocycles. The van der Waals surface area contributed by atoms with Crippen LogP contribution < -0.4 is 0 Å². The Morgan fingerprint density at radius 1 is 1.10 bits per heavy atom. The number of hydrogen-bond donors (Lipinski definition) is 0. The van der Waals surface area contributed by atoms with Gasteiger partial charge in [-0.15, -0.1) is 0 Å². The van der Waals surface area contributed by atoms with Crippen LogP contribution in [0.15, 0.2) is 24.3 Å². The Morgan fingerprint density at radius 3 is 2.28 bits per heavy atom. The van der Waals surface area contributed by atoms with E-state index in [1.807, 2.05) is 0 Å². The van der Waals surface area contributed by atoms with Gasteiger partial charge in [-0.25, -0.2) is 9.18 Å². The minimum atomic E-state index is -0.536. The molecule has 29 heavy (non-hydrogen) atoms. The maximum Gasteiger partial charge on any atom is 0.354 e. The van der Waals surface area contributed by atoms with Gasteiger partial charge in [0.05, 0.1) is 13.7 Å². The van der Waals surface area contributed by atoms with E-state index in [2.05, 4.69) is 0 Å². The summed E-state index contributed by atoms with van der Waals surface area (Å²) in [5.41, 5.74) is 2.46. The molecule has 0 fully saturated rings. The number of Topliss-reactive ketones (excluding diaryl/α,β-unsaturated/α-hetero) is 1. The smallest absolute Gasteiger partial charge is 0.354 e. The Balaban J connectivity index is 2.33. The largest absolute Gasteiger partial charge is 0.464 e. The number of ketones is 1. The number of benzene rings is 1. The van der Waals surface area contributed by atoms with Crippen LogP contribution in [0.1, 0.15) is 37.7 Å². The molecule has 0 aliphatic carbocycles. The second kappa shape index (κ2) is 9.47. The number of esters is 1. The fourth-order valence-electron chi connectivity index (χ4n) is 3.28. The van der Waals surface area contributed by atoms with Crippen LogP contribution in [0.25, 0.3) is 0 Å². The van der Waals surface area contributed by atoms with Gasteiger partial charge in [0.1, 0.15) is 18.1 Å². The summed E-state index contributed by atoms with van der Waals surface area (Å²) in [5, 5.41) is 0. The number of halogens is 1. The number of methoxy groups -OCH3 is 2. The van der Waals surface area contributed by atoms with E-state index in [9.17, 15) is 18.8 Å². The van der Waals surface area contributed by atoms with Crippen molar-refractivity contribution in [2.24, 2.45) is 7.05 Å². The minimum Gasteiger partial charge on any atom is -0.464 e. The predicted octanol–water partition coefficient (Wildman–Crippen LogP) is 2.43. The first kappa shape index (κ1) is 22.3. The molecule has 0 N–H and O–H groups in total. The van der Waals surface area contributed by atoms with Crippen LogP contribution in [-0.4, -0.2) is 54.5 Å². The number of amides is 1. The molecule has 0 saturated carbocycles. The van der Waals surface area contributed by atoms with E-state index in [0.717, 1.165) is 0 Å². The number of carbonyl (C=O) groups excluding carboxylic acids is 3. The third kappa shape index (κ3) is 4.89. The van der Waals surface area contributed by atoms with Crippen LogP contribution in [0, 0.1) is 19.7 Å². The van der Waals surface area contributed by atoms with E-state index in [-0.39, 0.29) is 37.2 Å². The number of nitrogens with zero attached hydrogens (tertiary/aromatic N) is 2.